The van der Waals surface area contributed by atoms with E-state index in [1.165, 1.54) is 0 Å². The topological polar surface area (TPSA) is 71.3 Å². The summed E-state index contributed by atoms with van der Waals surface area (Å²) >= 11 is 0. The summed E-state index contributed by atoms with van der Waals surface area (Å²) in [6.07, 6.45) is -0.193. The Morgan fingerprint density at radius 2 is 1.54 bits per heavy atom. The van der Waals surface area contributed by atoms with E-state index in [1.54, 1.807) is 0 Å². The van der Waals surface area contributed by atoms with Gasteiger partial charge in [0, 0.05) is 28.4 Å². The van der Waals surface area contributed by atoms with Crippen LogP contribution in [0.4, 0.5) is 0 Å². The minimum Gasteiger partial charge on any atom is -0.390 e. The number of nitrogens with one attached hydrogen (secondary N) is 1. The van der Waals surface area contributed by atoms with Crippen LogP contribution in [0, 0.1) is 5.92 Å². The molecule has 0 saturated heterocycles. The van der Waals surface area contributed by atoms with Gasteiger partial charge in [0.15, 0.2) is 0 Å². The highest BCUT2D eigenvalue weighted by Gasteiger charge is 2.16. The van der Waals surface area contributed by atoms with Gasteiger partial charge in [0.1, 0.15) is 0 Å². The second kappa shape index (κ2) is 7.78. The Morgan fingerprint density at radius 3 is 2.08 bits per heavy atom. The fraction of sp³-hybridized carbons (Fsp3) is 0.400. The molecule has 0 radical (unpaired) electrons. The quantitative estimate of drug-likeness (QED) is 0.636. The molecule has 3 rings (SSSR count). The molecule has 0 fully saturated rings. The third-order valence-corrected chi connectivity index (χ3v) is 5.96. The van der Waals surface area contributed by atoms with E-state index < -0.39 is 16.1 Å². The van der Waals surface area contributed by atoms with Gasteiger partial charge in [-0.1, -0.05) is 50.2 Å². The first kappa shape index (κ1) is 18.9. The molecule has 0 spiro atoms. The Hall–Kier alpha value is -1.89. The van der Waals surface area contributed by atoms with Crippen molar-refractivity contribution in [2.75, 3.05) is 12.3 Å². The first-order chi connectivity index (χ1) is 12.4. The zero-order valence-corrected chi connectivity index (χ0v) is 16.0. The van der Waals surface area contributed by atoms with E-state index in [0.717, 1.165) is 21.8 Å². The predicted molar refractivity (Wildman–Crippen MR) is 107 cm³/mol. The molecule has 1 aromatic heterocycles. The summed E-state index contributed by atoms with van der Waals surface area (Å²) in [5.74, 6) is 0.418. The molecule has 2 aromatic carbocycles. The van der Waals surface area contributed by atoms with E-state index in [0.29, 0.717) is 18.9 Å². The average molecular weight is 375 g/mol. The van der Waals surface area contributed by atoms with Crippen LogP contribution in [-0.4, -0.2) is 36.5 Å². The second-order valence-electron chi connectivity index (χ2n) is 7.15. The monoisotopic (exact) mass is 374 g/mol. The van der Waals surface area contributed by atoms with E-state index in [1.807, 2.05) is 50.2 Å². The van der Waals surface area contributed by atoms with Gasteiger partial charge in [-0.3, -0.25) is 0 Å². The summed E-state index contributed by atoms with van der Waals surface area (Å²) < 4.78 is 28.7. The fourth-order valence-corrected chi connectivity index (χ4v) is 4.53. The van der Waals surface area contributed by atoms with Gasteiger partial charge >= 0.3 is 0 Å². The van der Waals surface area contributed by atoms with Crippen LogP contribution >= 0.6 is 0 Å². The van der Waals surface area contributed by atoms with E-state index in [2.05, 4.69) is 21.4 Å². The molecule has 0 aliphatic carbocycles. The number of para-hydroxylation sites is 2. The van der Waals surface area contributed by atoms with Crippen molar-refractivity contribution in [3.8, 4) is 0 Å². The molecule has 6 heteroatoms. The first-order valence-corrected chi connectivity index (χ1v) is 10.6. The van der Waals surface area contributed by atoms with Gasteiger partial charge in [-0.05, 0) is 24.5 Å². The molecule has 0 saturated carbocycles. The summed E-state index contributed by atoms with van der Waals surface area (Å²) in [6, 6.07) is 16.1. The van der Waals surface area contributed by atoms with Crippen molar-refractivity contribution in [1.29, 1.82) is 0 Å². The minimum absolute atomic E-state index is 0.0151. The molecule has 140 valence electrons. The van der Waals surface area contributed by atoms with Gasteiger partial charge in [0.05, 0.1) is 18.4 Å². The smallest absolute Gasteiger partial charge is 0.211 e. The Bertz CT molecular complexity index is 939. The zero-order valence-electron chi connectivity index (χ0n) is 15.2. The van der Waals surface area contributed by atoms with Gasteiger partial charge in [0.25, 0.3) is 0 Å². The molecule has 1 atom stereocenters. The molecule has 0 amide bonds. The second-order valence-corrected chi connectivity index (χ2v) is 9.08. The Morgan fingerprint density at radius 1 is 1.00 bits per heavy atom. The molecule has 1 unspecified atom stereocenters. The van der Waals surface area contributed by atoms with Crippen LogP contribution in [0.1, 0.15) is 20.3 Å². The van der Waals surface area contributed by atoms with Crippen molar-refractivity contribution in [3.05, 3.63) is 48.5 Å². The highest BCUT2D eigenvalue weighted by atomic mass is 32.2. The molecule has 3 aromatic rings. The largest absolute Gasteiger partial charge is 0.390 e. The maximum Gasteiger partial charge on any atom is 0.211 e. The van der Waals surface area contributed by atoms with Crippen LogP contribution in [0.25, 0.3) is 21.8 Å². The van der Waals surface area contributed by atoms with Gasteiger partial charge in [-0.25, -0.2) is 13.1 Å². The Kier molecular flexibility index (Phi) is 5.65. The number of rotatable bonds is 8. The van der Waals surface area contributed by atoms with E-state index in [9.17, 15) is 13.5 Å². The lowest BCUT2D eigenvalue weighted by molar-refractivity contribution is 0.161. The Balaban J connectivity index is 1.76. The number of sulfonamides is 1. The molecular formula is C20H26N2O3S. The number of benzene rings is 2. The number of nitrogens with zero attached hydrogens (tertiary/aromatic N) is 1. The van der Waals surface area contributed by atoms with Gasteiger partial charge in [-0.2, -0.15) is 0 Å². The maximum absolute atomic E-state index is 12.0. The number of fused-ring (bicyclic) bond motifs is 3. The van der Waals surface area contributed by atoms with Crippen LogP contribution in [0.15, 0.2) is 48.5 Å². The highest BCUT2D eigenvalue weighted by molar-refractivity contribution is 7.89. The fourth-order valence-electron chi connectivity index (χ4n) is 3.16. The lowest BCUT2D eigenvalue weighted by Gasteiger charge is -2.15. The van der Waals surface area contributed by atoms with Crippen LogP contribution in [0.2, 0.25) is 0 Å². The highest BCUT2D eigenvalue weighted by Crippen LogP contribution is 2.28. The number of hydrogen-bond donors (Lipinski definition) is 2. The Labute approximate surface area is 154 Å². The lowest BCUT2D eigenvalue weighted by Crippen LogP contribution is -2.35. The number of hydrogen-bond acceptors (Lipinski definition) is 3. The summed E-state index contributed by atoms with van der Waals surface area (Å²) in [4.78, 5) is 0. The summed E-state index contributed by atoms with van der Waals surface area (Å²) in [5, 5.41) is 12.7. The van der Waals surface area contributed by atoms with Crippen LogP contribution in [-0.2, 0) is 16.6 Å². The summed E-state index contributed by atoms with van der Waals surface area (Å²) in [7, 11) is -3.35. The number of aliphatic hydroxyl groups excluding tert-OH is 1. The average Bonchev–Trinajstić information content (AvgIpc) is 2.93. The summed E-state index contributed by atoms with van der Waals surface area (Å²) in [6.45, 7) is 4.33. The molecule has 0 aliphatic rings. The van der Waals surface area contributed by atoms with Crippen molar-refractivity contribution >= 4 is 31.8 Å². The third kappa shape index (κ3) is 4.26. The van der Waals surface area contributed by atoms with E-state index in [-0.39, 0.29) is 12.3 Å². The maximum atomic E-state index is 12.0. The molecule has 26 heavy (non-hydrogen) atoms. The van der Waals surface area contributed by atoms with Crippen molar-refractivity contribution < 1.29 is 13.5 Å². The predicted octanol–water partition coefficient (Wildman–Crippen LogP) is 3.12. The molecule has 2 N–H and O–H groups in total. The molecule has 0 bridgehead atoms. The molecule has 0 aliphatic heterocycles. The molecular weight excluding hydrogens is 348 g/mol. The summed E-state index contributed by atoms with van der Waals surface area (Å²) in [5.41, 5.74) is 2.07. The van der Waals surface area contributed by atoms with Crippen molar-refractivity contribution in [2.24, 2.45) is 5.92 Å². The SMILES string of the molecule is CC(C)CCS(=O)(=O)NCC(O)Cn1c2ccccc2c2ccccc21. The van der Waals surface area contributed by atoms with Gasteiger partial charge < -0.3 is 9.67 Å². The van der Waals surface area contributed by atoms with Gasteiger partial charge in [-0.15, -0.1) is 0 Å². The van der Waals surface area contributed by atoms with Crippen LogP contribution in [0.5, 0.6) is 0 Å². The number of aromatic nitrogens is 1. The van der Waals surface area contributed by atoms with E-state index in [4.69, 9.17) is 0 Å². The van der Waals surface area contributed by atoms with E-state index >= 15 is 0 Å². The molecule has 1 heterocycles. The molecule has 5 nitrogen and oxygen atoms in total. The van der Waals surface area contributed by atoms with Crippen LogP contribution in [0.3, 0.4) is 0 Å². The number of aliphatic hydroxyl groups is 1. The van der Waals surface area contributed by atoms with Crippen molar-refractivity contribution in [3.63, 3.8) is 0 Å². The van der Waals surface area contributed by atoms with Crippen molar-refractivity contribution in [1.82, 2.24) is 9.29 Å². The van der Waals surface area contributed by atoms with Gasteiger partial charge in [0.2, 0.25) is 10.0 Å². The third-order valence-electron chi connectivity index (χ3n) is 4.58. The first-order valence-electron chi connectivity index (χ1n) is 8.99. The minimum atomic E-state index is -3.35. The van der Waals surface area contributed by atoms with Crippen molar-refractivity contribution in [2.45, 2.75) is 32.9 Å². The van der Waals surface area contributed by atoms with Crippen LogP contribution < -0.4 is 4.72 Å². The lowest BCUT2D eigenvalue weighted by atomic mass is 10.2. The zero-order chi connectivity index (χ0) is 18.7. The standard InChI is InChI=1S/C20H26N2O3S/c1-15(2)11-12-26(24,25)21-13-16(23)14-22-19-9-5-3-7-17(19)18-8-4-6-10-20(18)22/h3-10,15-16,21,23H,11-14H2,1-2H3. The normalized spacial score (nSPS) is 13.7.